The van der Waals surface area contributed by atoms with Gasteiger partial charge in [0, 0.05) is 59.2 Å². The van der Waals surface area contributed by atoms with E-state index in [1.165, 1.54) is 14.2 Å². The zero-order chi connectivity index (χ0) is 35.5. The molecule has 1 aromatic carbocycles. The predicted molar refractivity (Wildman–Crippen MR) is 188 cm³/mol. The molecule has 16 heteroatoms. The van der Waals surface area contributed by atoms with Gasteiger partial charge in [0.2, 0.25) is 5.91 Å². The minimum atomic E-state index is -0.412. The fraction of sp³-hybridized carbons (Fsp3) is 0.412. The van der Waals surface area contributed by atoms with Gasteiger partial charge in [-0.25, -0.2) is 9.97 Å². The van der Waals surface area contributed by atoms with Crippen LogP contribution in [-0.4, -0.2) is 100 Å². The maximum absolute atomic E-state index is 12.7. The summed E-state index contributed by atoms with van der Waals surface area (Å²) in [5, 5.41) is 21.9. The number of piperazine rings is 1. The van der Waals surface area contributed by atoms with Crippen molar-refractivity contribution in [3.63, 3.8) is 0 Å². The van der Waals surface area contributed by atoms with Crippen molar-refractivity contribution in [3.8, 4) is 17.1 Å². The average molecular weight is 686 g/mol. The van der Waals surface area contributed by atoms with Gasteiger partial charge in [-0.3, -0.25) is 19.1 Å². The highest BCUT2D eigenvalue weighted by molar-refractivity contribution is 5.99. The van der Waals surface area contributed by atoms with Crippen molar-refractivity contribution in [1.29, 1.82) is 0 Å². The lowest BCUT2D eigenvalue weighted by Crippen LogP contribution is -2.48. The van der Waals surface area contributed by atoms with Gasteiger partial charge < -0.3 is 35.2 Å². The molecule has 0 atom stereocenters. The van der Waals surface area contributed by atoms with Gasteiger partial charge in [-0.15, -0.1) is 10.2 Å². The molecule has 1 saturated heterocycles. The van der Waals surface area contributed by atoms with E-state index in [-0.39, 0.29) is 17.6 Å². The summed E-state index contributed by atoms with van der Waals surface area (Å²) in [6.45, 7) is 2.72. The van der Waals surface area contributed by atoms with E-state index in [0.717, 1.165) is 31.4 Å². The van der Waals surface area contributed by atoms with Crippen LogP contribution in [0.4, 0.5) is 28.7 Å². The summed E-state index contributed by atoms with van der Waals surface area (Å²) < 4.78 is 12.0. The number of carbonyl (C=O) groups is 3. The van der Waals surface area contributed by atoms with Crippen LogP contribution in [0.1, 0.15) is 49.0 Å². The zero-order valence-electron chi connectivity index (χ0n) is 28.8. The summed E-state index contributed by atoms with van der Waals surface area (Å²) >= 11 is 0. The first-order chi connectivity index (χ1) is 24.3. The Hall–Kier alpha value is -5.80. The zero-order valence-corrected chi connectivity index (χ0v) is 28.8. The summed E-state index contributed by atoms with van der Waals surface area (Å²) in [6.07, 6.45) is 7.77. The molecule has 1 aliphatic rings. The number of para-hydroxylation sites is 1. The first-order valence-corrected chi connectivity index (χ1v) is 16.5. The number of hydrogen-bond donors (Lipinski definition) is 3. The van der Waals surface area contributed by atoms with Crippen molar-refractivity contribution in [2.24, 2.45) is 7.05 Å². The molecular formula is C34H43N11O5. The fourth-order valence-corrected chi connectivity index (χ4v) is 5.63. The molecular weight excluding hydrogens is 642 g/mol. The van der Waals surface area contributed by atoms with Gasteiger partial charge >= 0.3 is 5.97 Å². The van der Waals surface area contributed by atoms with Crippen molar-refractivity contribution < 1.29 is 23.9 Å². The minimum Gasteiger partial charge on any atom is -0.494 e. The van der Waals surface area contributed by atoms with Crippen LogP contribution in [0.25, 0.3) is 11.4 Å². The second-order valence-corrected chi connectivity index (χ2v) is 11.7. The van der Waals surface area contributed by atoms with E-state index >= 15 is 0 Å². The number of anilines is 5. The number of carbonyl (C=O) groups excluding carboxylic acids is 3. The molecule has 4 heterocycles. The van der Waals surface area contributed by atoms with Gasteiger partial charge in [0.05, 0.1) is 43.0 Å². The molecule has 50 heavy (non-hydrogen) atoms. The molecule has 5 rings (SSSR count). The molecule has 0 unspecified atom stereocenters. The Morgan fingerprint density at radius 2 is 1.64 bits per heavy atom. The maximum atomic E-state index is 12.7. The summed E-state index contributed by atoms with van der Waals surface area (Å²) in [4.78, 5) is 49.7. The number of nitrogens with one attached hydrogen (secondary N) is 3. The highest BCUT2D eigenvalue weighted by Crippen LogP contribution is 2.37. The lowest BCUT2D eigenvalue weighted by Gasteiger charge is -2.36. The highest BCUT2D eigenvalue weighted by Gasteiger charge is 2.22. The first-order valence-electron chi connectivity index (χ1n) is 16.5. The lowest BCUT2D eigenvalue weighted by atomic mass is 10.1. The number of rotatable bonds is 15. The Bertz CT molecular complexity index is 1770. The molecule has 264 valence electrons. The van der Waals surface area contributed by atoms with Gasteiger partial charge in [-0.1, -0.05) is 18.9 Å². The molecule has 0 spiro atoms. The number of aryl methyl sites for hydroxylation is 1. The monoisotopic (exact) mass is 685 g/mol. The largest absolute Gasteiger partial charge is 0.494 e. The minimum absolute atomic E-state index is 0.0954. The Balaban J connectivity index is 1.19. The first kappa shape index (κ1) is 35.5. The van der Waals surface area contributed by atoms with Gasteiger partial charge in [-0.05, 0) is 37.1 Å². The van der Waals surface area contributed by atoms with Gasteiger partial charge in [0.1, 0.15) is 12.1 Å². The third-order valence-electron chi connectivity index (χ3n) is 8.32. The molecule has 16 nitrogen and oxygen atoms in total. The summed E-state index contributed by atoms with van der Waals surface area (Å²) in [6, 6.07) is 11.0. The SMILES string of the molecule is CNC(=O)c1nnc(Nc2ccc(N3CCN(C(=O)CCCCCCC(=O)OC)CC3)cn2)cc1Nc1cccc(-c2ncn(C)n2)c1OC. The normalized spacial score (nSPS) is 12.7. The van der Waals surface area contributed by atoms with Crippen molar-refractivity contribution >= 4 is 46.5 Å². The number of esters is 1. The van der Waals surface area contributed by atoms with Gasteiger partial charge in [-0.2, -0.15) is 5.10 Å². The smallest absolute Gasteiger partial charge is 0.305 e. The van der Waals surface area contributed by atoms with Crippen LogP contribution < -0.4 is 25.6 Å². The molecule has 0 bridgehead atoms. The quantitative estimate of drug-likeness (QED) is 0.122. The van der Waals surface area contributed by atoms with Crippen LogP contribution >= 0.6 is 0 Å². The number of aromatic nitrogens is 6. The van der Waals surface area contributed by atoms with Crippen LogP contribution in [0.2, 0.25) is 0 Å². The molecule has 1 aliphatic heterocycles. The van der Waals surface area contributed by atoms with Crippen LogP contribution in [0.15, 0.2) is 48.9 Å². The standard InChI is InChI=1S/C34H43N11O5/c1-35-34(48)31-26(38-25-11-9-10-24(32(25)50-4)33-37-22-43(2)42-33)20-28(40-41-31)39-27-15-14-23(21-36-27)44-16-18-45(19-17-44)29(46)12-7-5-6-8-13-30(47)49-3/h9-11,14-15,20-22H,5-8,12-13,16-19H2,1-4H3,(H,35,48)(H2,36,38,39,40). The fourth-order valence-electron chi connectivity index (χ4n) is 5.63. The highest BCUT2D eigenvalue weighted by atomic mass is 16.5. The van der Waals surface area contributed by atoms with Gasteiger partial charge in [0.25, 0.3) is 5.91 Å². The molecule has 0 radical (unpaired) electrons. The lowest BCUT2D eigenvalue weighted by molar-refractivity contribution is -0.140. The van der Waals surface area contributed by atoms with Crippen LogP contribution in [0.5, 0.6) is 5.75 Å². The van der Waals surface area contributed by atoms with Crippen molar-refractivity contribution in [3.05, 3.63) is 54.6 Å². The van der Waals surface area contributed by atoms with Crippen LogP contribution in [0, 0.1) is 0 Å². The predicted octanol–water partition coefficient (Wildman–Crippen LogP) is 3.68. The van der Waals surface area contributed by atoms with Crippen molar-refractivity contribution in [2.75, 3.05) is 63.0 Å². The Morgan fingerprint density at radius 1 is 0.860 bits per heavy atom. The van der Waals surface area contributed by atoms with Crippen molar-refractivity contribution in [1.82, 2.24) is 40.2 Å². The molecule has 3 N–H and O–H groups in total. The number of hydrogen-bond acceptors (Lipinski definition) is 13. The van der Waals surface area contributed by atoms with Gasteiger partial charge in [0.15, 0.2) is 23.1 Å². The van der Waals surface area contributed by atoms with E-state index in [9.17, 15) is 14.4 Å². The maximum Gasteiger partial charge on any atom is 0.305 e. The second kappa shape index (κ2) is 17.0. The van der Waals surface area contributed by atoms with E-state index in [1.54, 1.807) is 37.4 Å². The van der Waals surface area contributed by atoms with Crippen LogP contribution in [-0.2, 0) is 21.4 Å². The summed E-state index contributed by atoms with van der Waals surface area (Å²) in [5.74, 6) is 1.48. The second-order valence-electron chi connectivity index (χ2n) is 11.7. The number of methoxy groups -OCH3 is 2. The molecule has 2 amide bonds. The third kappa shape index (κ3) is 9.00. The Morgan fingerprint density at radius 3 is 2.30 bits per heavy atom. The average Bonchev–Trinajstić information content (AvgIpc) is 3.58. The Kier molecular flexibility index (Phi) is 12.1. The van der Waals surface area contributed by atoms with Crippen LogP contribution in [0.3, 0.4) is 0 Å². The molecule has 0 aliphatic carbocycles. The van der Waals surface area contributed by atoms with E-state index in [4.69, 9.17) is 4.74 Å². The Labute approximate surface area is 290 Å². The third-order valence-corrected chi connectivity index (χ3v) is 8.32. The van der Waals surface area contributed by atoms with E-state index in [1.807, 2.05) is 35.2 Å². The number of pyridine rings is 1. The number of unbranched alkanes of at least 4 members (excludes halogenated alkanes) is 3. The number of amides is 2. The molecule has 3 aromatic heterocycles. The molecule has 1 fully saturated rings. The topological polar surface area (TPSA) is 182 Å². The van der Waals surface area contributed by atoms with Crippen molar-refractivity contribution in [2.45, 2.75) is 38.5 Å². The summed E-state index contributed by atoms with van der Waals surface area (Å²) in [5.41, 5.74) is 2.70. The number of nitrogens with zero attached hydrogens (tertiary/aromatic N) is 8. The van der Waals surface area contributed by atoms with E-state index < -0.39 is 5.91 Å². The molecule has 4 aromatic rings. The number of benzene rings is 1. The number of ether oxygens (including phenoxy) is 2. The summed E-state index contributed by atoms with van der Waals surface area (Å²) in [7, 11) is 6.26. The molecule has 0 saturated carbocycles. The van der Waals surface area contributed by atoms with E-state index in [0.29, 0.717) is 79.2 Å². The van der Waals surface area contributed by atoms with E-state index in [2.05, 4.69) is 50.9 Å².